The second-order valence-electron chi connectivity index (χ2n) is 4.98. The highest BCUT2D eigenvalue weighted by molar-refractivity contribution is 9.10. The standard InChI is InChI=1S/C17H21BrN2O/c1-3-10-20(15-7-5-14(19)6-8-15)12-13-4-9-17(21-2)16(18)11-13/h4-9,11H,3,10,12,19H2,1-2H3. The molecule has 0 aliphatic rings. The normalized spacial score (nSPS) is 10.4. The van der Waals surface area contributed by atoms with Crippen molar-refractivity contribution in [1.82, 2.24) is 0 Å². The van der Waals surface area contributed by atoms with Gasteiger partial charge in [-0.2, -0.15) is 0 Å². The Hall–Kier alpha value is -1.68. The van der Waals surface area contributed by atoms with Crippen molar-refractivity contribution in [2.75, 3.05) is 24.3 Å². The molecule has 0 atom stereocenters. The predicted octanol–water partition coefficient (Wildman–Crippen LogP) is 4.46. The quantitative estimate of drug-likeness (QED) is 0.783. The average Bonchev–Trinajstić information content (AvgIpc) is 2.48. The lowest BCUT2D eigenvalue weighted by Gasteiger charge is -2.25. The lowest BCUT2D eigenvalue weighted by Crippen LogP contribution is -2.23. The van der Waals surface area contributed by atoms with Gasteiger partial charge in [-0.25, -0.2) is 0 Å². The van der Waals surface area contributed by atoms with Crippen molar-refractivity contribution in [3.05, 3.63) is 52.5 Å². The zero-order valence-electron chi connectivity index (χ0n) is 12.5. The Kier molecular flexibility index (Phi) is 5.51. The molecule has 112 valence electrons. The van der Waals surface area contributed by atoms with Crippen LogP contribution in [0.3, 0.4) is 0 Å². The summed E-state index contributed by atoms with van der Waals surface area (Å²) in [6, 6.07) is 14.2. The fourth-order valence-corrected chi connectivity index (χ4v) is 2.87. The van der Waals surface area contributed by atoms with Crippen molar-refractivity contribution in [3.63, 3.8) is 0 Å². The summed E-state index contributed by atoms with van der Waals surface area (Å²) in [6.45, 7) is 4.06. The molecule has 0 aliphatic carbocycles. The number of ether oxygens (including phenoxy) is 1. The van der Waals surface area contributed by atoms with Gasteiger partial charge >= 0.3 is 0 Å². The van der Waals surface area contributed by atoms with Gasteiger partial charge in [-0.1, -0.05) is 13.0 Å². The Balaban J connectivity index is 2.19. The minimum atomic E-state index is 0.794. The van der Waals surface area contributed by atoms with Crippen LogP contribution in [0, 0.1) is 0 Å². The first-order chi connectivity index (χ1) is 10.1. The molecule has 3 nitrogen and oxygen atoms in total. The molecule has 0 spiro atoms. The monoisotopic (exact) mass is 348 g/mol. The zero-order chi connectivity index (χ0) is 15.2. The van der Waals surface area contributed by atoms with E-state index < -0.39 is 0 Å². The molecule has 2 N–H and O–H groups in total. The molecular weight excluding hydrogens is 328 g/mol. The number of nitrogen functional groups attached to an aromatic ring is 1. The van der Waals surface area contributed by atoms with Crippen molar-refractivity contribution in [2.45, 2.75) is 19.9 Å². The van der Waals surface area contributed by atoms with Crippen LogP contribution in [-0.4, -0.2) is 13.7 Å². The number of methoxy groups -OCH3 is 1. The van der Waals surface area contributed by atoms with Crippen LogP contribution in [0.2, 0.25) is 0 Å². The van der Waals surface area contributed by atoms with Gasteiger partial charge in [0.25, 0.3) is 0 Å². The van der Waals surface area contributed by atoms with Crippen molar-refractivity contribution in [1.29, 1.82) is 0 Å². The van der Waals surface area contributed by atoms with Crippen LogP contribution in [0.15, 0.2) is 46.9 Å². The molecule has 4 heteroatoms. The Morgan fingerprint density at radius 3 is 2.43 bits per heavy atom. The highest BCUT2D eigenvalue weighted by Crippen LogP contribution is 2.27. The first-order valence-electron chi connectivity index (χ1n) is 7.07. The molecule has 21 heavy (non-hydrogen) atoms. The van der Waals surface area contributed by atoms with E-state index in [0.717, 1.165) is 35.4 Å². The van der Waals surface area contributed by atoms with Gasteiger partial charge in [0.1, 0.15) is 5.75 Å². The van der Waals surface area contributed by atoms with E-state index in [1.54, 1.807) is 7.11 Å². The molecule has 0 radical (unpaired) electrons. The summed E-state index contributed by atoms with van der Waals surface area (Å²) < 4.78 is 6.26. The molecule has 2 aromatic rings. The lowest BCUT2D eigenvalue weighted by atomic mass is 10.1. The van der Waals surface area contributed by atoms with E-state index in [4.69, 9.17) is 10.5 Å². The Bertz CT molecular complexity index is 584. The van der Waals surface area contributed by atoms with Gasteiger partial charge < -0.3 is 15.4 Å². The molecule has 0 unspecified atom stereocenters. The maximum Gasteiger partial charge on any atom is 0.133 e. The SMILES string of the molecule is CCCN(Cc1ccc(OC)c(Br)c1)c1ccc(N)cc1. The Morgan fingerprint density at radius 1 is 1.14 bits per heavy atom. The molecule has 0 saturated heterocycles. The predicted molar refractivity (Wildman–Crippen MR) is 92.9 cm³/mol. The van der Waals surface area contributed by atoms with Crippen LogP contribution in [0.1, 0.15) is 18.9 Å². The number of hydrogen-bond acceptors (Lipinski definition) is 3. The summed E-state index contributed by atoms with van der Waals surface area (Å²) in [6.07, 6.45) is 1.10. The minimum Gasteiger partial charge on any atom is -0.496 e. The Labute approximate surface area is 134 Å². The molecule has 2 rings (SSSR count). The topological polar surface area (TPSA) is 38.5 Å². The third-order valence-corrected chi connectivity index (χ3v) is 3.96. The second-order valence-corrected chi connectivity index (χ2v) is 5.84. The number of anilines is 2. The summed E-state index contributed by atoms with van der Waals surface area (Å²) in [7, 11) is 1.68. The number of benzene rings is 2. The number of hydrogen-bond donors (Lipinski definition) is 1. The summed E-state index contributed by atoms with van der Waals surface area (Å²) in [5.41, 5.74) is 9.00. The summed E-state index contributed by atoms with van der Waals surface area (Å²) in [5, 5.41) is 0. The zero-order valence-corrected chi connectivity index (χ0v) is 14.1. The number of rotatable bonds is 6. The van der Waals surface area contributed by atoms with Crippen LogP contribution in [0.4, 0.5) is 11.4 Å². The van der Waals surface area contributed by atoms with Gasteiger partial charge in [0.15, 0.2) is 0 Å². The van der Waals surface area contributed by atoms with Gasteiger partial charge in [-0.3, -0.25) is 0 Å². The average molecular weight is 349 g/mol. The molecule has 0 saturated carbocycles. The molecule has 0 aromatic heterocycles. The van der Waals surface area contributed by atoms with Gasteiger partial charge in [0.2, 0.25) is 0 Å². The Morgan fingerprint density at radius 2 is 1.86 bits per heavy atom. The minimum absolute atomic E-state index is 0.794. The first kappa shape index (κ1) is 15.7. The number of halogens is 1. The van der Waals surface area contributed by atoms with Crippen LogP contribution in [0.25, 0.3) is 0 Å². The second kappa shape index (κ2) is 7.36. The van der Waals surface area contributed by atoms with E-state index in [1.807, 2.05) is 18.2 Å². The van der Waals surface area contributed by atoms with E-state index in [0.29, 0.717) is 0 Å². The van der Waals surface area contributed by atoms with Gasteiger partial charge in [-0.05, 0) is 64.3 Å². The van der Waals surface area contributed by atoms with Crippen molar-refractivity contribution < 1.29 is 4.74 Å². The first-order valence-corrected chi connectivity index (χ1v) is 7.86. The van der Waals surface area contributed by atoms with Crippen LogP contribution in [-0.2, 0) is 6.54 Å². The third kappa shape index (κ3) is 4.14. The maximum absolute atomic E-state index is 5.77. The fourth-order valence-electron chi connectivity index (χ4n) is 2.28. The molecule has 0 bridgehead atoms. The van der Waals surface area contributed by atoms with E-state index in [9.17, 15) is 0 Å². The lowest BCUT2D eigenvalue weighted by molar-refractivity contribution is 0.412. The molecule has 0 heterocycles. The molecule has 2 aromatic carbocycles. The van der Waals surface area contributed by atoms with Gasteiger partial charge in [0, 0.05) is 24.5 Å². The van der Waals surface area contributed by atoms with Crippen molar-refractivity contribution in [3.8, 4) is 5.75 Å². The van der Waals surface area contributed by atoms with Gasteiger partial charge in [-0.15, -0.1) is 0 Å². The van der Waals surface area contributed by atoms with E-state index in [1.165, 1.54) is 11.3 Å². The highest BCUT2D eigenvalue weighted by Gasteiger charge is 2.08. The number of nitrogens with two attached hydrogens (primary N) is 1. The maximum atomic E-state index is 5.77. The van der Waals surface area contributed by atoms with Crippen LogP contribution in [0.5, 0.6) is 5.75 Å². The number of nitrogens with zero attached hydrogens (tertiary/aromatic N) is 1. The molecule has 0 amide bonds. The van der Waals surface area contributed by atoms with Crippen molar-refractivity contribution >= 4 is 27.3 Å². The smallest absolute Gasteiger partial charge is 0.133 e. The fraction of sp³-hybridized carbons (Fsp3) is 0.294. The van der Waals surface area contributed by atoms with E-state index in [-0.39, 0.29) is 0 Å². The van der Waals surface area contributed by atoms with Crippen molar-refractivity contribution in [2.24, 2.45) is 0 Å². The summed E-state index contributed by atoms with van der Waals surface area (Å²) >= 11 is 3.54. The third-order valence-electron chi connectivity index (χ3n) is 3.34. The molecule has 0 aliphatic heterocycles. The van der Waals surface area contributed by atoms with Crippen LogP contribution >= 0.6 is 15.9 Å². The largest absolute Gasteiger partial charge is 0.496 e. The highest BCUT2D eigenvalue weighted by atomic mass is 79.9. The van der Waals surface area contributed by atoms with Crippen LogP contribution < -0.4 is 15.4 Å². The molecular formula is C17H21BrN2O. The summed E-state index contributed by atoms with van der Waals surface area (Å²) in [4.78, 5) is 2.35. The van der Waals surface area contributed by atoms with Gasteiger partial charge in [0.05, 0.1) is 11.6 Å². The van der Waals surface area contributed by atoms with E-state index >= 15 is 0 Å². The summed E-state index contributed by atoms with van der Waals surface area (Å²) in [5.74, 6) is 0.855. The molecule has 0 fully saturated rings. The van der Waals surface area contributed by atoms with E-state index in [2.05, 4.69) is 52.0 Å².